The number of allylic oxidation sites excluding steroid dienone is 2. The number of methoxy groups -OCH3 is 2. The molecule has 3 heteroatoms. The summed E-state index contributed by atoms with van der Waals surface area (Å²) in [5.41, 5.74) is 2.54. The minimum atomic E-state index is 0.0784. The van der Waals surface area contributed by atoms with E-state index in [1.54, 1.807) is 14.2 Å². The molecular formula is C16H21ClO2. The highest BCUT2D eigenvalue weighted by Gasteiger charge is 2.29. The lowest BCUT2D eigenvalue weighted by Gasteiger charge is -2.33. The maximum absolute atomic E-state index is 6.37. The summed E-state index contributed by atoms with van der Waals surface area (Å²) < 4.78 is 10.8. The third-order valence-corrected chi connectivity index (χ3v) is 3.83. The van der Waals surface area contributed by atoms with E-state index in [2.05, 4.69) is 19.9 Å². The van der Waals surface area contributed by atoms with Gasteiger partial charge in [0.1, 0.15) is 11.5 Å². The van der Waals surface area contributed by atoms with E-state index in [4.69, 9.17) is 21.1 Å². The Morgan fingerprint density at radius 2 is 1.95 bits per heavy atom. The summed E-state index contributed by atoms with van der Waals surface area (Å²) in [6, 6.07) is 5.88. The predicted molar refractivity (Wildman–Crippen MR) is 80.2 cm³/mol. The highest BCUT2D eigenvalue weighted by molar-refractivity contribution is 6.22. The van der Waals surface area contributed by atoms with Crippen LogP contribution < -0.4 is 9.47 Å². The fraction of sp³-hybridized carbons (Fsp3) is 0.500. The van der Waals surface area contributed by atoms with Crippen molar-refractivity contribution in [3.63, 3.8) is 0 Å². The number of hydrogen-bond donors (Lipinski definition) is 0. The quantitative estimate of drug-likeness (QED) is 0.758. The summed E-state index contributed by atoms with van der Waals surface area (Å²) in [7, 11) is 3.37. The Morgan fingerprint density at radius 3 is 2.53 bits per heavy atom. The van der Waals surface area contributed by atoms with Crippen LogP contribution in [0.1, 0.15) is 32.3 Å². The topological polar surface area (TPSA) is 18.5 Å². The van der Waals surface area contributed by atoms with Crippen molar-refractivity contribution < 1.29 is 9.47 Å². The van der Waals surface area contributed by atoms with Crippen LogP contribution in [0, 0.1) is 5.41 Å². The second kappa shape index (κ2) is 5.46. The Bertz CT molecular complexity index is 492. The Morgan fingerprint density at radius 1 is 1.21 bits per heavy atom. The first kappa shape index (κ1) is 14.3. The second-order valence-electron chi connectivity index (χ2n) is 5.82. The third kappa shape index (κ3) is 3.24. The van der Waals surface area contributed by atoms with Crippen LogP contribution in [0.4, 0.5) is 0 Å². The van der Waals surface area contributed by atoms with Gasteiger partial charge in [-0.25, -0.2) is 0 Å². The molecule has 1 aromatic rings. The molecule has 0 radical (unpaired) electrons. The molecule has 1 aliphatic rings. The van der Waals surface area contributed by atoms with Crippen molar-refractivity contribution >= 4 is 17.2 Å². The molecule has 104 valence electrons. The van der Waals surface area contributed by atoms with Crippen LogP contribution in [0.25, 0.3) is 5.57 Å². The van der Waals surface area contributed by atoms with Crippen molar-refractivity contribution in [2.24, 2.45) is 5.41 Å². The van der Waals surface area contributed by atoms with Gasteiger partial charge < -0.3 is 9.47 Å². The molecule has 0 aromatic heterocycles. The summed E-state index contributed by atoms with van der Waals surface area (Å²) in [5, 5.41) is 0.0784. The van der Waals surface area contributed by atoms with Crippen LogP contribution in [0.5, 0.6) is 11.5 Å². The van der Waals surface area contributed by atoms with Crippen LogP contribution in [0.2, 0.25) is 0 Å². The van der Waals surface area contributed by atoms with Crippen LogP contribution in [0.3, 0.4) is 0 Å². The molecule has 0 heterocycles. The molecule has 19 heavy (non-hydrogen) atoms. The highest BCUT2D eigenvalue weighted by Crippen LogP contribution is 2.44. The fourth-order valence-corrected chi connectivity index (χ4v) is 3.27. The molecule has 1 atom stereocenters. The fourth-order valence-electron chi connectivity index (χ4n) is 2.70. The number of alkyl halides is 1. The summed E-state index contributed by atoms with van der Waals surface area (Å²) >= 11 is 6.37. The van der Waals surface area contributed by atoms with Crippen LogP contribution in [-0.2, 0) is 0 Å². The first-order chi connectivity index (χ1) is 8.95. The van der Waals surface area contributed by atoms with Crippen molar-refractivity contribution in [1.29, 1.82) is 0 Å². The van der Waals surface area contributed by atoms with E-state index in [1.165, 1.54) is 5.57 Å². The van der Waals surface area contributed by atoms with Crippen LogP contribution in [-0.4, -0.2) is 19.6 Å². The van der Waals surface area contributed by atoms with Crippen LogP contribution >= 0.6 is 11.6 Å². The summed E-state index contributed by atoms with van der Waals surface area (Å²) in [6.45, 7) is 4.50. The van der Waals surface area contributed by atoms with Crippen molar-refractivity contribution in [3.8, 4) is 11.5 Å². The molecule has 0 aliphatic heterocycles. The van der Waals surface area contributed by atoms with Crippen LogP contribution in [0.15, 0.2) is 24.3 Å². The van der Waals surface area contributed by atoms with Gasteiger partial charge in [0.05, 0.1) is 19.6 Å². The van der Waals surface area contributed by atoms with Gasteiger partial charge in [-0.2, -0.15) is 0 Å². The molecule has 0 amide bonds. The molecule has 0 saturated heterocycles. The zero-order valence-electron chi connectivity index (χ0n) is 12.0. The summed E-state index contributed by atoms with van der Waals surface area (Å²) in [4.78, 5) is 0. The molecule has 2 nitrogen and oxygen atoms in total. The molecule has 1 aliphatic carbocycles. The van der Waals surface area contributed by atoms with E-state index in [0.29, 0.717) is 0 Å². The van der Waals surface area contributed by atoms with Gasteiger partial charge in [-0.3, -0.25) is 0 Å². The smallest absolute Gasteiger partial charge is 0.126 e. The number of hydrogen-bond acceptors (Lipinski definition) is 2. The number of halogens is 1. The largest absolute Gasteiger partial charge is 0.497 e. The molecule has 0 bridgehead atoms. The Labute approximate surface area is 120 Å². The predicted octanol–water partition coefficient (Wildman–Crippen LogP) is 4.51. The van der Waals surface area contributed by atoms with Crippen molar-refractivity contribution in [1.82, 2.24) is 0 Å². The zero-order valence-corrected chi connectivity index (χ0v) is 12.8. The van der Waals surface area contributed by atoms with Gasteiger partial charge in [-0.05, 0) is 42.0 Å². The maximum Gasteiger partial charge on any atom is 0.126 e. The second-order valence-corrected chi connectivity index (χ2v) is 6.38. The standard InChI is InChI=1S/C16H21ClO2/c1-16(2)9-11(7-12(17)10-16)14-8-13(18-3)5-6-15(14)19-4/h5-8,12H,9-10H2,1-4H3. The zero-order chi connectivity index (χ0) is 14.0. The number of benzene rings is 1. The van der Waals surface area contributed by atoms with Gasteiger partial charge in [0.25, 0.3) is 0 Å². The van der Waals surface area contributed by atoms with E-state index in [9.17, 15) is 0 Å². The van der Waals surface area contributed by atoms with Gasteiger partial charge in [0.15, 0.2) is 0 Å². The minimum absolute atomic E-state index is 0.0784. The van der Waals surface area contributed by atoms with E-state index in [-0.39, 0.29) is 10.8 Å². The summed E-state index contributed by atoms with van der Waals surface area (Å²) in [5.74, 6) is 1.71. The van der Waals surface area contributed by atoms with Gasteiger partial charge in [-0.15, -0.1) is 11.6 Å². The molecule has 1 aromatic carbocycles. The normalized spacial score (nSPS) is 21.7. The number of rotatable bonds is 3. The highest BCUT2D eigenvalue weighted by atomic mass is 35.5. The van der Waals surface area contributed by atoms with Gasteiger partial charge >= 0.3 is 0 Å². The Balaban J connectivity index is 2.45. The SMILES string of the molecule is COc1ccc(OC)c(C2=CC(Cl)CC(C)(C)C2)c1. The first-order valence-electron chi connectivity index (χ1n) is 6.52. The summed E-state index contributed by atoms with van der Waals surface area (Å²) in [6.07, 6.45) is 4.15. The van der Waals surface area contributed by atoms with E-state index in [1.807, 2.05) is 18.2 Å². The van der Waals surface area contributed by atoms with Crippen molar-refractivity contribution in [2.75, 3.05) is 14.2 Å². The molecular weight excluding hydrogens is 260 g/mol. The van der Waals surface area contributed by atoms with Crippen molar-refractivity contribution in [3.05, 3.63) is 29.8 Å². The van der Waals surface area contributed by atoms with Gasteiger partial charge in [0, 0.05) is 5.56 Å². The lowest BCUT2D eigenvalue weighted by atomic mass is 9.75. The molecule has 1 unspecified atom stereocenters. The first-order valence-corrected chi connectivity index (χ1v) is 6.96. The molecule has 0 N–H and O–H groups in total. The lowest BCUT2D eigenvalue weighted by Crippen LogP contribution is -2.21. The van der Waals surface area contributed by atoms with Gasteiger partial charge in [-0.1, -0.05) is 19.9 Å². The lowest BCUT2D eigenvalue weighted by molar-refractivity contribution is 0.339. The molecule has 0 fully saturated rings. The monoisotopic (exact) mass is 280 g/mol. The Kier molecular flexibility index (Phi) is 4.10. The average molecular weight is 281 g/mol. The van der Waals surface area contributed by atoms with Gasteiger partial charge in [0.2, 0.25) is 0 Å². The maximum atomic E-state index is 6.37. The third-order valence-electron chi connectivity index (χ3n) is 3.55. The molecule has 2 rings (SSSR count). The van der Waals surface area contributed by atoms with E-state index < -0.39 is 0 Å². The number of ether oxygens (including phenoxy) is 2. The van der Waals surface area contributed by atoms with E-state index >= 15 is 0 Å². The molecule has 0 spiro atoms. The van der Waals surface area contributed by atoms with E-state index in [0.717, 1.165) is 29.9 Å². The molecule has 0 saturated carbocycles. The Hall–Kier alpha value is -1.15. The average Bonchev–Trinajstić information content (AvgIpc) is 2.35. The van der Waals surface area contributed by atoms with Crippen molar-refractivity contribution in [2.45, 2.75) is 32.1 Å². The minimum Gasteiger partial charge on any atom is -0.497 e.